The highest BCUT2D eigenvalue weighted by atomic mass is 32.2. The molecule has 0 bridgehead atoms. The number of hydrogen-bond donors (Lipinski definition) is 2. The van der Waals surface area contributed by atoms with Crippen LogP contribution in [-0.2, 0) is 10.0 Å². The van der Waals surface area contributed by atoms with Crippen LogP contribution in [0.5, 0.6) is 0 Å². The van der Waals surface area contributed by atoms with Gasteiger partial charge in [-0.05, 0) is 19.3 Å². The molecule has 2 N–H and O–H groups in total. The summed E-state index contributed by atoms with van der Waals surface area (Å²) in [5, 5.41) is 6.37. The predicted octanol–water partition coefficient (Wildman–Crippen LogP) is 0.479. The summed E-state index contributed by atoms with van der Waals surface area (Å²) in [4.78, 5) is 4.10. The Kier molecular flexibility index (Phi) is 8.75. The van der Waals surface area contributed by atoms with Crippen LogP contribution in [-0.4, -0.2) is 58.2 Å². The van der Waals surface area contributed by atoms with E-state index in [4.69, 9.17) is 0 Å². The van der Waals surface area contributed by atoms with Crippen molar-refractivity contribution in [3.63, 3.8) is 0 Å². The molecule has 0 amide bonds. The van der Waals surface area contributed by atoms with E-state index in [2.05, 4.69) is 29.5 Å². The monoisotopic (exact) mass is 292 g/mol. The van der Waals surface area contributed by atoms with Gasteiger partial charge >= 0.3 is 0 Å². The van der Waals surface area contributed by atoms with Gasteiger partial charge < -0.3 is 10.6 Å². The fourth-order valence-corrected chi connectivity index (χ4v) is 2.24. The molecule has 0 aromatic carbocycles. The van der Waals surface area contributed by atoms with Gasteiger partial charge in [-0.3, -0.25) is 4.99 Å². The van der Waals surface area contributed by atoms with Crippen molar-refractivity contribution in [1.29, 1.82) is 0 Å². The molecule has 0 fully saturated rings. The number of hydrogen-bond acceptors (Lipinski definition) is 3. The minimum Gasteiger partial charge on any atom is -0.356 e. The Morgan fingerprint density at radius 2 is 1.95 bits per heavy atom. The number of nitrogens with one attached hydrogen (secondary N) is 2. The van der Waals surface area contributed by atoms with Gasteiger partial charge in [0.15, 0.2) is 5.96 Å². The number of aliphatic imine (C=N–C) groups is 1. The number of guanidine groups is 1. The molecule has 114 valence electrons. The Morgan fingerprint density at radius 3 is 2.42 bits per heavy atom. The normalized spacial score (nSPS) is 13.1. The highest BCUT2D eigenvalue weighted by Gasteiger charge is 2.13. The summed E-state index contributed by atoms with van der Waals surface area (Å²) >= 11 is 0. The summed E-state index contributed by atoms with van der Waals surface area (Å²) < 4.78 is 24.5. The molecule has 0 aliphatic carbocycles. The first kappa shape index (κ1) is 18.2. The molecule has 0 saturated carbocycles. The van der Waals surface area contributed by atoms with Crippen LogP contribution in [0.3, 0.4) is 0 Å². The van der Waals surface area contributed by atoms with E-state index in [0.717, 1.165) is 18.9 Å². The van der Waals surface area contributed by atoms with Crippen LogP contribution in [0.2, 0.25) is 0 Å². The molecule has 0 heterocycles. The lowest BCUT2D eigenvalue weighted by Gasteiger charge is -2.17. The quantitative estimate of drug-likeness (QED) is 0.388. The van der Waals surface area contributed by atoms with E-state index in [-0.39, 0.29) is 5.75 Å². The molecule has 0 aliphatic heterocycles. The molecule has 0 aromatic rings. The largest absolute Gasteiger partial charge is 0.356 e. The summed E-state index contributed by atoms with van der Waals surface area (Å²) in [6.07, 6.45) is 0.748. The third kappa shape index (κ3) is 8.05. The second-order valence-electron chi connectivity index (χ2n) is 4.85. The maximum Gasteiger partial charge on any atom is 0.213 e. The van der Waals surface area contributed by atoms with E-state index in [1.54, 1.807) is 21.0 Å². The Balaban J connectivity index is 3.90. The lowest BCUT2D eigenvalue weighted by atomic mass is 10.2. The summed E-state index contributed by atoms with van der Waals surface area (Å²) in [6, 6.07) is 0. The van der Waals surface area contributed by atoms with Crippen molar-refractivity contribution in [1.82, 2.24) is 14.9 Å². The van der Waals surface area contributed by atoms with Crippen molar-refractivity contribution < 1.29 is 8.42 Å². The molecule has 0 radical (unpaired) electrons. The van der Waals surface area contributed by atoms with Gasteiger partial charge in [0.25, 0.3) is 0 Å². The number of sulfonamides is 1. The summed E-state index contributed by atoms with van der Waals surface area (Å²) in [5.74, 6) is 1.46. The maximum absolute atomic E-state index is 11.5. The molecule has 0 aliphatic rings. The molecule has 0 atom stereocenters. The lowest BCUT2D eigenvalue weighted by molar-refractivity contribution is 0.461. The Morgan fingerprint density at radius 1 is 1.32 bits per heavy atom. The fraction of sp³-hybridized carbons (Fsp3) is 0.917. The van der Waals surface area contributed by atoms with Crippen molar-refractivity contribution in [2.45, 2.75) is 27.2 Å². The minimum atomic E-state index is -3.07. The first-order chi connectivity index (χ1) is 8.83. The lowest BCUT2D eigenvalue weighted by Crippen LogP contribution is -2.40. The van der Waals surface area contributed by atoms with Gasteiger partial charge in [0.1, 0.15) is 0 Å². The topological polar surface area (TPSA) is 73.8 Å². The number of rotatable bonds is 8. The Hall–Kier alpha value is -0.820. The van der Waals surface area contributed by atoms with Crippen LogP contribution in [0.4, 0.5) is 0 Å². The molecule has 7 heteroatoms. The summed E-state index contributed by atoms with van der Waals surface area (Å²) in [7, 11) is 0.275. The molecule has 6 nitrogen and oxygen atoms in total. The van der Waals surface area contributed by atoms with Gasteiger partial charge in [0.05, 0.1) is 5.75 Å². The second-order valence-corrected chi connectivity index (χ2v) is 7.21. The van der Waals surface area contributed by atoms with Crippen molar-refractivity contribution in [3.05, 3.63) is 0 Å². The molecule has 0 spiro atoms. The molecule has 0 unspecified atom stereocenters. The average molecular weight is 292 g/mol. The van der Waals surface area contributed by atoms with E-state index < -0.39 is 10.0 Å². The smallest absolute Gasteiger partial charge is 0.213 e. The van der Waals surface area contributed by atoms with Gasteiger partial charge in [-0.25, -0.2) is 12.7 Å². The van der Waals surface area contributed by atoms with Crippen LogP contribution in [0.1, 0.15) is 27.2 Å². The molecule has 0 saturated heterocycles. The maximum atomic E-state index is 11.5. The van der Waals surface area contributed by atoms with Crippen molar-refractivity contribution in [2.75, 3.05) is 39.5 Å². The van der Waals surface area contributed by atoms with Gasteiger partial charge in [-0.15, -0.1) is 0 Å². The predicted molar refractivity (Wildman–Crippen MR) is 80.9 cm³/mol. The van der Waals surface area contributed by atoms with E-state index in [9.17, 15) is 8.42 Å². The molecular weight excluding hydrogens is 264 g/mol. The van der Waals surface area contributed by atoms with Gasteiger partial charge in [0.2, 0.25) is 10.0 Å². The minimum absolute atomic E-state index is 0.147. The van der Waals surface area contributed by atoms with Gasteiger partial charge in [-0.2, -0.15) is 0 Å². The number of nitrogens with zero attached hydrogens (tertiary/aromatic N) is 2. The van der Waals surface area contributed by atoms with Crippen LogP contribution in [0.25, 0.3) is 0 Å². The van der Waals surface area contributed by atoms with Crippen molar-refractivity contribution in [2.24, 2.45) is 10.9 Å². The average Bonchev–Trinajstić information content (AvgIpc) is 2.37. The zero-order valence-corrected chi connectivity index (χ0v) is 13.5. The Bertz CT molecular complexity index is 366. The first-order valence-corrected chi connectivity index (χ1v) is 8.33. The molecular formula is C12H28N4O2S. The van der Waals surface area contributed by atoms with Crippen LogP contribution in [0.15, 0.2) is 4.99 Å². The molecule has 0 rings (SSSR count). The van der Waals surface area contributed by atoms with E-state index in [1.807, 2.05) is 0 Å². The van der Waals surface area contributed by atoms with E-state index in [1.165, 1.54) is 4.31 Å². The van der Waals surface area contributed by atoms with Crippen LogP contribution >= 0.6 is 0 Å². The second kappa shape index (κ2) is 9.14. The summed E-state index contributed by atoms with van der Waals surface area (Å²) in [6.45, 7) is 7.99. The molecule has 19 heavy (non-hydrogen) atoms. The van der Waals surface area contributed by atoms with Gasteiger partial charge in [-0.1, -0.05) is 13.8 Å². The highest BCUT2D eigenvalue weighted by Crippen LogP contribution is 1.98. The first-order valence-electron chi connectivity index (χ1n) is 6.72. The zero-order valence-electron chi connectivity index (χ0n) is 12.7. The third-order valence-corrected chi connectivity index (χ3v) is 4.55. The standard InChI is InChI=1S/C12H28N4O2S/c1-6-19(17,18)16(5)9-7-8-14-12(13-4)15-10-11(2)3/h11H,6-10H2,1-5H3,(H2,13,14,15). The van der Waals surface area contributed by atoms with Crippen molar-refractivity contribution in [3.8, 4) is 0 Å². The fourth-order valence-electron chi connectivity index (χ4n) is 1.39. The van der Waals surface area contributed by atoms with E-state index >= 15 is 0 Å². The highest BCUT2D eigenvalue weighted by molar-refractivity contribution is 7.89. The summed E-state index contributed by atoms with van der Waals surface area (Å²) in [5.41, 5.74) is 0. The van der Waals surface area contributed by atoms with Crippen LogP contribution in [0, 0.1) is 5.92 Å². The van der Waals surface area contributed by atoms with Gasteiger partial charge in [0, 0.05) is 33.7 Å². The van der Waals surface area contributed by atoms with Crippen LogP contribution < -0.4 is 10.6 Å². The van der Waals surface area contributed by atoms with E-state index in [0.29, 0.717) is 19.0 Å². The molecule has 0 aromatic heterocycles. The SMILES string of the molecule is CCS(=O)(=O)N(C)CCCNC(=NC)NCC(C)C. The van der Waals surface area contributed by atoms with Crippen molar-refractivity contribution >= 4 is 16.0 Å². The third-order valence-electron chi connectivity index (χ3n) is 2.68. The zero-order chi connectivity index (χ0) is 14.9. The Labute approximate surface area is 117 Å².